The normalized spacial score (nSPS) is 11.1. The van der Waals surface area contributed by atoms with Crippen molar-refractivity contribution in [1.29, 1.82) is 5.26 Å². The maximum atomic E-state index is 11.5. The van der Waals surface area contributed by atoms with E-state index in [9.17, 15) is 14.4 Å². The van der Waals surface area contributed by atoms with Crippen molar-refractivity contribution >= 4 is 17.8 Å². The van der Waals surface area contributed by atoms with Crippen molar-refractivity contribution in [3.63, 3.8) is 0 Å². The summed E-state index contributed by atoms with van der Waals surface area (Å²) in [6.45, 7) is 4.50. The summed E-state index contributed by atoms with van der Waals surface area (Å²) in [6, 6.07) is 1.91. The lowest BCUT2D eigenvalue weighted by atomic mass is 10.1. The summed E-state index contributed by atoms with van der Waals surface area (Å²) in [5.41, 5.74) is 0. The number of nitriles is 1. The third kappa shape index (κ3) is 10.4. The molecule has 0 aliphatic rings. The van der Waals surface area contributed by atoms with Crippen molar-refractivity contribution < 1.29 is 19.1 Å². The van der Waals surface area contributed by atoms with Crippen LogP contribution in [-0.4, -0.2) is 37.5 Å². The molecule has 7 nitrogen and oxygen atoms in total. The van der Waals surface area contributed by atoms with Crippen molar-refractivity contribution in [2.45, 2.75) is 39.5 Å². The number of rotatable bonds is 10. The Morgan fingerprint density at radius 1 is 1.14 bits per heavy atom. The predicted molar refractivity (Wildman–Crippen MR) is 75.9 cm³/mol. The Morgan fingerprint density at radius 3 is 2.24 bits per heavy atom. The molecule has 21 heavy (non-hydrogen) atoms. The van der Waals surface area contributed by atoms with Crippen LogP contribution < -0.4 is 10.6 Å². The van der Waals surface area contributed by atoms with E-state index >= 15 is 0 Å². The standard InChI is InChI=1S/C14H23N3O4/c1-3-21-14(20)11(2)7-10-17-13(19)6-5-12(18)16-9-4-8-15/h11H,3-7,9-10H2,1-2H3,(H,16,18)(H,17,19)/t11-/m1/s1. The Balaban J connectivity index is 3.69. The Morgan fingerprint density at radius 2 is 1.71 bits per heavy atom. The van der Waals surface area contributed by atoms with Gasteiger partial charge in [0.1, 0.15) is 0 Å². The highest BCUT2D eigenvalue weighted by Crippen LogP contribution is 2.03. The number of esters is 1. The molecule has 0 saturated heterocycles. The first-order chi connectivity index (χ1) is 10.0. The van der Waals surface area contributed by atoms with Crippen LogP contribution in [0.25, 0.3) is 0 Å². The minimum Gasteiger partial charge on any atom is -0.466 e. The summed E-state index contributed by atoms with van der Waals surface area (Å²) in [5, 5.41) is 13.5. The Hall–Kier alpha value is -2.10. The quantitative estimate of drug-likeness (QED) is 0.451. The lowest BCUT2D eigenvalue weighted by Gasteiger charge is -2.11. The van der Waals surface area contributed by atoms with E-state index in [2.05, 4.69) is 10.6 Å². The zero-order valence-electron chi connectivity index (χ0n) is 12.6. The zero-order valence-corrected chi connectivity index (χ0v) is 12.6. The first-order valence-electron chi connectivity index (χ1n) is 7.08. The van der Waals surface area contributed by atoms with Gasteiger partial charge < -0.3 is 15.4 Å². The van der Waals surface area contributed by atoms with E-state index < -0.39 is 0 Å². The molecule has 0 saturated carbocycles. The molecule has 0 aromatic rings. The summed E-state index contributed by atoms with van der Waals surface area (Å²) in [5.74, 6) is -1.02. The van der Waals surface area contributed by atoms with Gasteiger partial charge in [0.05, 0.1) is 25.0 Å². The highest BCUT2D eigenvalue weighted by molar-refractivity contribution is 5.83. The van der Waals surface area contributed by atoms with Crippen molar-refractivity contribution in [3.8, 4) is 6.07 Å². The van der Waals surface area contributed by atoms with Crippen LogP contribution in [0.1, 0.15) is 39.5 Å². The molecule has 7 heteroatoms. The van der Waals surface area contributed by atoms with Gasteiger partial charge in [-0.05, 0) is 13.3 Å². The van der Waals surface area contributed by atoms with Crippen LogP contribution in [0.2, 0.25) is 0 Å². The van der Waals surface area contributed by atoms with Gasteiger partial charge in [-0.15, -0.1) is 0 Å². The van der Waals surface area contributed by atoms with Crippen LogP contribution in [0.5, 0.6) is 0 Å². The van der Waals surface area contributed by atoms with E-state index in [1.54, 1.807) is 13.8 Å². The predicted octanol–water partition coefficient (Wildman–Crippen LogP) is 0.502. The fourth-order valence-corrected chi connectivity index (χ4v) is 1.49. The van der Waals surface area contributed by atoms with Crippen LogP contribution in [0.3, 0.4) is 0 Å². The van der Waals surface area contributed by atoms with Crippen LogP contribution in [0, 0.1) is 17.2 Å². The second-order valence-electron chi connectivity index (χ2n) is 4.55. The van der Waals surface area contributed by atoms with Gasteiger partial charge in [-0.2, -0.15) is 5.26 Å². The monoisotopic (exact) mass is 297 g/mol. The minimum atomic E-state index is -0.274. The molecule has 0 aliphatic carbocycles. The number of carbonyl (C=O) groups excluding carboxylic acids is 3. The molecule has 2 amide bonds. The third-order valence-electron chi connectivity index (χ3n) is 2.73. The van der Waals surface area contributed by atoms with Gasteiger partial charge in [0.15, 0.2) is 0 Å². The van der Waals surface area contributed by atoms with E-state index in [-0.39, 0.29) is 43.0 Å². The largest absolute Gasteiger partial charge is 0.466 e. The highest BCUT2D eigenvalue weighted by Gasteiger charge is 2.14. The van der Waals surface area contributed by atoms with Gasteiger partial charge in [0, 0.05) is 25.9 Å². The summed E-state index contributed by atoms with van der Waals surface area (Å²) in [7, 11) is 0. The molecule has 0 bridgehead atoms. The molecule has 0 unspecified atom stereocenters. The maximum Gasteiger partial charge on any atom is 0.308 e. The summed E-state index contributed by atoms with van der Waals surface area (Å²) in [4.78, 5) is 34.1. The second-order valence-corrected chi connectivity index (χ2v) is 4.55. The first kappa shape index (κ1) is 18.9. The van der Waals surface area contributed by atoms with E-state index in [1.807, 2.05) is 6.07 Å². The Bertz CT molecular complexity index is 390. The van der Waals surface area contributed by atoms with Gasteiger partial charge in [-0.3, -0.25) is 14.4 Å². The van der Waals surface area contributed by atoms with Crippen LogP contribution in [0.15, 0.2) is 0 Å². The fraction of sp³-hybridized carbons (Fsp3) is 0.714. The van der Waals surface area contributed by atoms with Gasteiger partial charge >= 0.3 is 5.97 Å². The lowest BCUT2D eigenvalue weighted by Crippen LogP contribution is -2.30. The van der Waals surface area contributed by atoms with E-state index in [0.29, 0.717) is 26.1 Å². The first-order valence-corrected chi connectivity index (χ1v) is 7.08. The fourth-order valence-electron chi connectivity index (χ4n) is 1.49. The molecule has 0 aromatic carbocycles. The Labute approximate surface area is 125 Å². The van der Waals surface area contributed by atoms with Crippen LogP contribution in [0.4, 0.5) is 0 Å². The molecule has 0 fully saturated rings. The van der Waals surface area contributed by atoms with Crippen molar-refractivity contribution in [2.75, 3.05) is 19.7 Å². The van der Waals surface area contributed by atoms with Crippen LogP contribution >= 0.6 is 0 Å². The average Bonchev–Trinajstić information content (AvgIpc) is 2.45. The van der Waals surface area contributed by atoms with E-state index in [4.69, 9.17) is 10.00 Å². The van der Waals surface area contributed by atoms with Crippen molar-refractivity contribution in [3.05, 3.63) is 0 Å². The summed E-state index contributed by atoms with van der Waals surface area (Å²) >= 11 is 0. The summed E-state index contributed by atoms with van der Waals surface area (Å²) < 4.78 is 4.86. The van der Waals surface area contributed by atoms with Crippen molar-refractivity contribution in [1.82, 2.24) is 10.6 Å². The van der Waals surface area contributed by atoms with Gasteiger partial charge in [0.2, 0.25) is 11.8 Å². The molecule has 118 valence electrons. The molecule has 0 rings (SSSR count). The van der Waals surface area contributed by atoms with Gasteiger partial charge in [0.25, 0.3) is 0 Å². The van der Waals surface area contributed by atoms with Crippen LogP contribution in [-0.2, 0) is 19.1 Å². The molecular formula is C14H23N3O4. The zero-order chi connectivity index (χ0) is 16.1. The molecule has 1 atom stereocenters. The lowest BCUT2D eigenvalue weighted by molar-refractivity contribution is -0.147. The molecule has 0 heterocycles. The number of carbonyl (C=O) groups is 3. The topological polar surface area (TPSA) is 108 Å². The number of nitrogens with one attached hydrogen (secondary N) is 2. The smallest absolute Gasteiger partial charge is 0.308 e. The number of amides is 2. The highest BCUT2D eigenvalue weighted by atomic mass is 16.5. The van der Waals surface area contributed by atoms with E-state index in [1.165, 1.54) is 0 Å². The number of hydrogen-bond acceptors (Lipinski definition) is 5. The molecule has 0 spiro atoms. The molecular weight excluding hydrogens is 274 g/mol. The van der Waals surface area contributed by atoms with E-state index in [0.717, 1.165) is 0 Å². The summed E-state index contributed by atoms with van der Waals surface area (Å²) in [6.07, 6.45) is 0.930. The van der Waals surface area contributed by atoms with Gasteiger partial charge in [-0.25, -0.2) is 0 Å². The molecule has 0 aliphatic heterocycles. The average molecular weight is 297 g/mol. The maximum absolute atomic E-state index is 11.5. The second kappa shape index (κ2) is 11.7. The third-order valence-corrected chi connectivity index (χ3v) is 2.73. The minimum absolute atomic E-state index is 0.0880. The van der Waals surface area contributed by atoms with Crippen molar-refractivity contribution in [2.24, 2.45) is 5.92 Å². The molecule has 0 aromatic heterocycles. The Kier molecular flexibility index (Phi) is 10.5. The molecule has 0 radical (unpaired) electrons. The number of ether oxygens (including phenoxy) is 1. The molecule has 2 N–H and O–H groups in total. The number of hydrogen-bond donors (Lipinski definition) is 2. The van der Waals surface area contributed by atoms with Gasteiger partial charge in [-0.1, -0.05) is 6.92 Å². The number of nitrogens with zero attached hydrogens (tertiary/aromatic N) is 1. The SMILES string of the molecule is CCOC(=O)[C@H](C)CCNC(=O)CCC(=O)NCCC#N.